The highest BCUT2D eigenvalue weighted by Gasteiger charge is 2.09. The van der Waals surface area contributed by atoms with Crippen LogP contribution in [0.1, 0.15) is 29.9 Å². The molecule has 0 aliphatic rings. The standard InChI is InChI=1S/C22H22N4O3/c1-15(2)29-19-6-4-5-16(11-19)12-24-26-22(27)21-14-23-13-20(25-21)17-7-9-18(28-3)10-8-17/h4-15H,1-3H3,(H,26,27)/b24-12+. The number of hydrazone groups is 1. The van der Waals surface area contributed by atoms with E-state index in [1.54, 1.807) is 19.5 Å². The number of carbonyl (C=O) groups is 1. The highest BCUT2D eigenvalue weighted by Crippen LogP contribution is 2.20. The highest BCUT2D eigenvalue weighted by atomic mass is 16.5. The van der Waals surface area contributed by atoms with Gasteiger partial charge in [0.25, 0.3) is 5.91 Å². The molecule has 3 rings (SSSR count). The van der Waals surface area contributed by atoms with Crippen LogP contribution in [0.3, 0.4) is 0 Å². The average Bonchev–Trinajstić information content (AvgIpc) is 2.73. The molecule has 0 fully saturated rings. The normalized spacial score (nSPS) is 10.9. The molecular formula is C22H22N4O3. The zero-order chi connectivity index (χ0) is 20.6. The molecular weight excluding hydrogens is 368 g/mol. The predicted molar refractivity (Wildman–Crippen MR) is 111 cm³/mol. The highest BCUT2D eigenvalue weighted by molar-refractivity contribution is 5.93. The van der Waals surface area contributed by atoms with Crippen molar-refractivity contribution >= 4 is 12.1 Å². The summed E-state index contributed by atoms with van der Waals surface area (Å²) < 4.78 is 10.8. The van der Waals surface area contributed by atoms with Gasteiger partial charge < -0.3 is 9.47 Å². The SMILES string of the molecule is COc1ccc(-c2cncc(C(=O)N/N=C/c3cccc(OC(C)C)c3)n2)cc1. The van der Waals surface area contributed by atoms with Gasteiger partial charge in [-0.3, -0.25) is 9.78 Å². The van der Waals surface area contributed by atoms with Crippen molar-refractivity contribution in [3.05, 3.63) is 72.2 Å². The average molecular weight is 390 g/mol. The fourth-order valence-corrected chi connectivity index (χ4v) is 2.54. The maximum Gasteiger partial charge on any atom is 0.291 e. The summed E-state index contributed by atoms with van der Waals surface area (Å²) in [6.07, 6.45) is 4.63. The minimum atomic E-state index is -0.446. The van der Waals surface area contributed by atoms with E-state index in [2.05, 4.69) is 20.5 Å². The zero-order valence-electron chi connectivity index (χ0n) is 16.5. The second-order valence-electron chi connectivity index (χ2n) is 6.46. The first-order valence-corrected chi connectivity index (χ1v) is 9.12. The van der Waals surface area contributed by atoms with Gasteiger partial charge >= 0.3 is 0 Å². The van der Waals surface area contributed by atoms with Crippen molar-refractivity contribution in [2.75, 3.05) is 7.11 Å². The largest absolute Gasteiger partial charge is 0.497 e. The van der Waals surface area contributed by atoms with E-state index < -0.39 is 5.91 Å². The number of hydrogen-bond donors (Lipinski definition) is 1. The van der Waals surface area contributed by atoms with Crippen LogP contribution < -0.4 is 14.9 Å². The van der Waals surface area contributed by atoms with Gasteiger partial charge in [0.2, 0.25) is 0 Å². The Balaban J connectivity index is 1.67. The van der Waals surface area contributed by atoms with E-state index in [4.69, 9.17) is 9.47 Å². The molecule has 7 heteroatoms. The number of nitrogens with zero attached hydrogens (tertiary/aromatic N) is 3. The number of benzene rings is 2. The van der Waals surface area contributed by atoms with Crippen LogP contribution in [0.5, 0.6) is 11.5 Å². The molecule has 0 aliphatic carbocycles. The van der Waals surface area contributed by atoms with E-state index in [9.17, 15) is 4.79 Å². The third-order valence-electron chi connectivity index (χ3n) is 3.86. The van der Waals surface area contributed by atoms with Crippen LogP contribution in [-0.2, 0) is 0 Å². The third-order valence-corrected chi connectivity index (χ3v) is 3.86. The van der Waals surface area contributed by atoms with Gasteiger partial charge in [-0.15, -0.1) is 0 Å². The zero-order valence-corrected chi connectivity index (χ0v) is 16.5. The van der Waals surface area contributed by atoms with Crippen molar-refractivity contribution in [1.29, 1.82) is 0 Å². The molecule has 0 unspecified atom stereocenters. The third kappa shape index (κ3) is 5.62. The Hall–Kier alpha value is -3.74. The molecule has 1 heterocycles. The lowest BCUT2D eigenvalue weighted by Crippen LogP contribution is -2.19. The summed E-state index contributed by atoms with van der Waals surface area (Å²) >= 11 is 0. The van der Waals surface area contributed by atoms with Crippen molar-refractivity contribution < 1.29 is 14.3 Å². The van der Waals surface area contributed by atoms with Crippen LogP contribution in [0, 0.1) is 0 Å². The smallest absolute Gasteiger partial charge is 0.291 e. The first kappa shape index (κ1) is 20.0. The summed E-state index contributed by atoms with van der Waals surface area (Å²) in [5.74, 6) is 1.04. The summed E-state index contributed by atoms with van der Waals surface area (Å²) in [4.78, 5) is 20.8. The van der Waals surface area contributed by atoms with Crippen LogP contribution in [-0.4, -0.2) is 35.3 Å². The molecule has 0 bridgehead atoms. The second kappa shape index (κ2) is 9.45. The lowest BCUT2D eigenvalue weighted by molar-refractivity contribution is 0.0950. The molecule has 148 valence electrons. The van der Waals surface area contributed by atoms with Crippen LogP contribution in [0.25, 0.3) is 11.3 Å². The van der Waals surface area contributed by atoms with Gasteiger partial charge in [-0.2, -0.15) is 5.10 Å². The molecule has 1 N–H and O–H groups in total. The van der Waals surface area contributed by atoms with Gasteiger partial charge in [0.15, 0.2) is 0 Å². The molecule has 0 saturated carbocycles. The summed E-state index contributed by atoms with van der Waals surface area (Å²) in [6.45, 7) is 3.92. The first-order chi connectivity index (χ1) is 14.0. The van der Waals surface area contributed by atoms with Crippen LogP contribution >= 0.6 is 0 Å². The Bertz CT molecular complexity index is 1000. The summed E-state index contributed by atoms with van der Waals surface area (Å²) in [5, 5.41) is 4.00. The molecule has 29 heavy (non-hydrogen) atoms. The Labute approximate surface area is 169 Å². The Morgan fingerprint density at radius 3 is 2.62 bits per heavy atom. The number of ether oxygens (including phenoxy) is 2. The van der Waals surface area contributed by atoms with Crippen molar-refractivity contribution in [2.45, 2.75) is 20.0 Å². The Kier molecular flexibility index (Phi) is 6.52. The lowest BCUT2D eigenvalue weighted by Gasteiger charge is -2.09. The number of carbonyl (C=O) groups excluding carboxylic acids is 1. The number of nitrogens with one attached hydrogen (secondary N) is 1. The summed E-state index contributed by atoms with van der Waals surface area (Å²) in [5.41, 5.74) is 4.87. The Morgan fingerprint density at radius 2 is 1.90 bits per heavy atom. The Morgan fingerprint density at radius 1 is 1.10 bits per heavy atom. The van der Waals surface area contributed by atoms with E-state index in [0.29, 0.717) is 5.69 Å². The predicted octanol–water partition coefficient (Wildman–Crippen LogP) is 3.70. The fourth-order valence-electron chi connectivity index (χ4n) is 2.54. The van der Waals surface area contributed by atoms with E-state index in [1.165, 1.54) is 6.20 Å². The molecule has 1 amide bonds. The fraction of sp³-hybridized carbons (Fsp3) is 0.182. The summed E-state index contributed by atoms with van der Waals surface area (Å²) in [6, 6.07) is 14.8. The van der Waals surface area contributed by atoms with Gasteiger partial charge in [-0.1, -0.05) is 12.1 Å². The van der Waals surface area contributed by atoms with Crippen molar-refractivity contribution in [3.8, 4) is 22.8 Å². The van der Waals surface area contributed by atoms with Gasteiger partial charge in [0.05, 0.1) is 37.5 Å². The molecule has 0 spiro atoms. The van der Waals surface area contributed by atoms with Gasteiger partial charge in [0.1, 0.15) is 17.2 Å². The quantitative estimate of drug-likeness (QED) is 0.491. The molecule has 0 radical (unpaired) electrons. The topological polar surface area (TPSA) is 85.7 Å². The van der Waals surface area contributed by atoms with Crippen LogP contribution in [0.4, 0.5) is 0 Å². The molecule has 7 nitrogen and oxygen atoms in total. The minimum Gasteiger partial charge on any atom is -0.497 e. The van der Waals surface area contributed by atoms with E-state index in [1.807, 2.05) is 62.4 Å². The number of aromatic nitrogens is 2. The lowest BCUT2D eigenvalue weighted by atomic mass is 10.1. The first-order valence-electron chi connectivity index (χ1n) is 9.12. The van der Waals surface area contributed by atoms with E-state index in [-0.39, 0.29) is 11.8 Å². The second-order valence-corrected chi connectivity index (χ2v) is 6.46. The number of methoxy groups -OCH3 is 1. The van der Waals surface area contributed by atoms with Crippen molar-refractivity contribution in [3.63, 3.8) is 0 Å². The molecule has 0 atom stereocenters. The number of amides is 1. The van der Waals surface area contributed by atoms with Gasteiger partial charge in [-0.25, -0.2) is 10.4 Å². The summed E-state index contributed by atoms with van der Waals surface area (Å²) in [7, 11) is 1.61. The number of rotatable bonds is 7. The monoisotopic (exact) mass is 390 g/mol. The van der Waals surface area contributed by atoms with E-state index >= 15 is 0 Å². The van der Waals surface area contributed by atoms with Gasteiger partial charge in [-0.05, 0) is 55.8 Å². The molecule has 2 aromatic carbocycles. The van der Waals surface area contributed by atoms with Crippen LogP contribution in [0.15, 0.2) is 66.0 Å². The van der Waals surface area contributed by atoms with Gasteiger partial charge in [0, 0.05) is 5.56 Å². The van der Waals surface area contributed by atoms with Crippen LogP contribution in [0.2, 0.25) is 0 Å². The number of hydrogen-bond acceptors (Lipinski definition) is 6. The maximum atomic E-state index is 12.4. The molecule has 1 aromatic heterocycles. The molecule has 0 aliphatic heterocycles. The minimum absolute atomic E-state index is 0.0819. The van der Waals surface area contributed by atoms with Crippen molar-refractivity contribution in [2.24, 2.45) is 5.10 Å². The maximum absolute atomic E-state index is 12.4. The molecule has 3 aromatic rings. The molecule has 0 saturated heterocycles. The van der Waals surface area contributed by atoms with E-state index in [0.717, 1.165) is 22.6 Å². The van der Waals surface area contributed by atoms with Crippen molar-refractivity contribution in [1.82, 2.24) is 15.4 Å².